The van der Waals surface area contributed by atoms with Gasteiger partial charge in [0.05, 0.1) is 14.4 Å². The zero-order chi connectivity index (χ0) is 11.8. The molecule has 1 aliphatic heterocycles. The van der Waals surface area contributed by atoms with E-state index in [4.69, 9.17) is 0 Å². The summed E-state index contributed by atoms with van der Waals surface area (Å²) >= 11 is 4.56. The van der Waals surface area contributed by atoms with Gasteiger partial charge in [0, 0.05) is 0 Å². The van der Waals surface area contributed by atoms with Crippen LogP contribution in [-0.4, -0.2) is 25.2 Å². The molecule has 1 aliphatic rings. The van der Waals surface area contributed by atoms with Crippen LogP contribution in [0.2, 0.25) is 0 Å². The lowest BCUT2D eigenvalue weighted by atomic mass is 10.1. The number of hydrogen-bond acceptors (Lipinski definition) is 4. The highest BCUT2D eigenvalue weighted by molar-refractivity contribution is 9.11. The van der Waals surface area contributed by atoms with E-state index in [1.807, 2.05) is 0 Å². The number of ketones is 1. The summed E-state index contributed by atoms with van der Waals surface area (Å²) in [5.74, 6) is -0.0916. The molecule has 0 saturated carbocycles. The molecule has 0 bridgehead atoms. The van der Waals surface area contributed by atoms with Crippen molar-refractivity contribution in [1.29, 1.82) is 0 Å². The van der Waals surface area contributed by atoms with E-state index in [0.717, 1.165) is 10.2 Å². The highest BCUT2D eigenvalue weighted by Crippen LogP contribution is 2.28. The highest BCUT2D eigenvalue weighted by Gasteiger charge is 2.35. The van der Waals surface area contributed by atoms with Crippen molar-refractivity contribution >= 4 is 42.9 Å². The number of carbonyl (C=O) groups is 1. The fourth-order valence-corrected chi connectivity index (χ4v) is 5.18. The van der Waals surface area contributed by atoms with E-state index < -0.39 is 15.1 Å². The first-order chi connectivity index (χ1) is 7.50. The molecule has 0 amide bonds. The standard InChI is InChI=1S/C10H11BrO3S2/c11-9-5-4-7(15-9)10(12)8-3-1-2-6-16(8,13)14/h4-5,8H,1-3,6H2. The average Bonchev–Trinajstić information content (AvgIpc) is 2.63. The van der Waals surface area contributed by atoms with Crippen molar-refractivity contribution in [2.45, 2.75) is 24.5 Å². The number of hydrogen-bond donors (Lipinski definition) is 0. The molecule has 0 aliphatic carbocycles. The fraction of sp³-hybridized carbons (Fsp3) is 0.500. The Morgan fingerprint density at radius 2 is 2.12 bits per heavy atom. The molecule has 2 heterocycles. The molecule has 0 spiro atoms. The van der Waals surface area contributed by atoms with E-state index in [9.17, 15) is 13.2 Å². The topological polar surface area (TPSA) is 51.2 Å². The van der Waals surface area contributed by atoms with E-state index in [1.54, 1.807) is 12.1 Å². The van der Waals surface area contributed by atoms with Gasteiger partial charge < -0.3 is 0 Å². The number of carbonyl (C=O) groups excluding carboxylic acids is 1. The second-order valence-corrected chi connectivity index (χ2v) is 8.59. The Kier molecular flexibility index (Phi) is 3.51. The van der Waals surface area contributed by atoms with Crippen molar-refractivity contribution in [1.82, 2.24) is 0 Å². The van der Waals surface area contributed by atoms with Crippen LogP contribution in [0.5, 0.6) is 0 Å². The van der Waals surface area contributed by atoms with Gasteiger partial charge in [0.2, 0.25) is 0 Å². The summed E-state index contributed by atoms with van der Waals surface area (Å²) in [7, 11) is -3.22. The molecule has 1 unspecified atom stereocenters. The maximum atomic E-state index is 12.0. The average molecular weight is 323 g/mol. The SMILES string of the molecule is O=C(c1ccc(Br)s1)C1CCCCS1(=O)=O. The zero-order valence-corrected chi connectivity index (χ0v) is 11.7. The largest absolute Gasteiger partial charge is 0.292 e. The van der Waals surface area contributed by atoms with Crippen LogP contribution in [0.15, 0.2) is 15.9 Å². The molecule has 6 heteroatoms. The molecule has 16 heavy (non-hydrogen) atoms. The molecule has 1 atom stereocenters. The van der Waals surface area contributed by atoms with Crippen molar-refractivity contribution in [3.05, 3.63) is 20.8 Å². The van der Waals surface area contributed by atoms with Crippen LogP contribution in [0.3, 0.4) is 0 Å². The molecule has 0 aromatic carbocycles. The third-order valence-electron chi connectivity index (χ3n) is 2.69. The monoisotopic (exact) mass is 322 g/mol. The summed E-state index contributed by atoms with van der Waals surface area (Å²) < 4.78 is 24.4. The normalized spacial score (nSPS) is 24.2. The molecule has 0 N–H and O–H groups in total. The Bertz CT molecular complexity index is 504. The van der Waals surface area contributed by atoms with Crippen LogP contribution in [-0.2, 0) is 9.84 Å². The van der Waals surface area contributed by atoms with Gasteiger partial charge in [-0.15, -0.1) is 11.3 Å². The Morgan fingerprint density at radius 1 is 1.38 bits per heavy atom. The number of Topliss-reactive ketones (excluding diaryl/α,β-unsaturated/α-hetero) is 1. The number of halogens is 1. The van der Waals surface area contributed by atoms with Crippen LogP contribution < -0.4 is 0 Å². The first-order valence-corrected chi connectivity index (χ1v) is 8.34. The lowest BCUT2D eigenvalue weighted by molar-refractivity contribution is 0.0985. The molecule has 88 valence electrons. The Labute approximate surface area is 107 Å². The molecular formula is C10H11BrO3S2. The van der Waals surface area contributed by atoms with Crippen LogP contribution in [0.1, 0.15) is 28.9 Å². The lowest BCUT2D eigenvalue weighted by Crippen LogP contribution is -2.35. The summed E-state index contributed by atoms with van der Waals surface area (Å²) in [6.45, 7) is 0. The van der Waals surface area contributed by atoms with Gasteiger partial charge in [0.25, 0.3) is 0 Å². The van der Waals surface area contributed by atoms with Crippen LogP contribution in [0.25, 0.3) is 0 Å². The van der Waals surface area contributed by atoms with Gasteiger partial charge in [-0.1, -0.05) is 6.42 Å². The van der Waals surface area contributed by atoms with Gasteiger partial charge in [-0.05, 0) is 40.9 Å². The second kappa shape index (κ2) is 4.58. The summed E-state index contributed by atoms with van der Waals surface area (Å²) in [5.41, 5.74) is 0. The third-order valence-corrected chi connectivity index (χ3v) is 6.50. The first kappa shape index (κ1) is 12.3. The molecule has 0 radical (unpaired) electrons. The Balaban J connectivity index is 2.28. The molecule has 3 nitrogen and oxygen atoms in total. The van der Waals surface area contributed by atoms with Crippen LogP contribution >= 0.6 is 27.3 Å². The molecule has 1 aromatic rings. The van der Waals surface area contributed by atoms with Crippen molar-refractivity contribution in [2.24, 2.45) is 0 Å². The quantitative estimate of drug-likeness (QED) is 0.786. The predicted molar refractivity (Wildman–Crippen MR) is 67.8 cm³/mol. The van der Waals surface area contributed by atoms with Crippen molar-refractivity contribution < 1.29 is 13.2 Å². The van der Waals surface area contributed by atoms with Gasteiger partial charge >= 0.3 is 0 Å². The maximum Gasteiger partial charge on any atom is 0.190 e. The smallest absolute Gasteiger partial charge is 0.190 e. The van der Waals surface area contributed by atoms with E-state index in [2.05, 4.69) is 15.9 Å². The van der Waals surface area contributed by atoms with E-state index >= 15 is 0 Å². The summed E-state index contributed by atoms with van der Waals surface area (Å²) in [5, 5.41) is -0.813. The predicted octanol–water partition coefficient (Wildman–Crippen LogP) is 2.66. The minimum Gasteiger partial charge on any atom is -0.292 e. The third kappa shape index (κ3) is 2.38. The minimum absolute atomic E-state index is 0.149. The van der Waals surface area contributed by atoms with E-state index in [1.165, 1.54) is 11.3 Å². The summed E-state index contributed by atoms with van der Waals surface area (Å²) in [6.07, 6.45) is 1.97. The van der Waals surface area contributed by atoms with Gasteiger partial charge in [0.15, 0.2) is 15.6 Å². The molecule has 1 aromatic heterocycles. The first-order valence-electron chi connectivity index (χ1n) is 5.02. The van der Waals surface area contributed by atoms with Crippen molar-refractivity contribution in [3.63, 3.8) is 0 Å². The molecule has 1 fully saturated rings. The number of rotatable bonds is 2. The highest BCUT2D eigenvalue weighted by atomic mass is 79.9. The van der Waals surface area contributed by atoms with Crippen LogP contribution in [0, 0.1) is 0 Å². The Hall–Kier alpha value is -0.200. The Morgan fingerprint density at radius 3 is 2.69 bits per heavy atom. The lowest BCUT2D eigenvalue weighted by Gasteiger charge is -2.20. The van der Waals surface area contributed by atoms with Gasteiger partial charge in [-0.25, -0.2) is 8.42 Å². The minimum atomic E-state index is -3.22. The van der Waals surface area contributed by atoms with Gasteiger partial charge in [0.1, 0.15) is 5.25 Å². The van der Waals surface area contributed by atoms with E-state index in [0.29, 0.717) is 17.7 Å². The molecule has 1 saturated heterocycles. The van der Waals surface area contributed by atoms with Gasteiger partial charge in [-0.2, -0.15) is 0 Å². The van der Waals surface area contributed by atoms with Crippen molar-refractivity contribution in [2.75, 3.05) is 5.75 Å². The zero-order valence-electron chi connectivity index (χ0n) is 8.48. The second-order valence-electron chi connectivity index (χ2n) is 3.82. The number of thiophene rings is 1. The van der Waals surface area contributed by atoms with Gasteiger partial charge in [-0.3, -0.25) is 4.79 Å². The molecular weight excluding hydrogens is 312 g/mol. The fourth-order valence-electron chi connectivity index (χ4n) is 1.85. The van der Waals surface area contributed by atoms with Crippen LogP contribution in [0.4, 0.5) is 0 Å². The maximum absolute atomic E-state index is 12.0. The van der Waals surface area contributed by atoms with E-state index in [-0.39, 0.29) is 11.5 Å². The summed E-state index contributed by atoms with van der Waals surface area (Å²) in [6, 6.07) is 3.45. The van der Waals surface area contributed by atoms with Crippen molar-refractivity contribution in [3.8, 4) is 0 Å². The summed E-state index contributed by atoms with van der Waals surface area (Å²) in [4.78, 5) is 12.6. The number of sulfone groups is 1. The molecule has 2 rings (SSSR count).